The Morgan fingerprint density at radius 1 is 1.36 bits per heavy atom. The summed E-state index contributed by atoms with van der Waals surface area (Å²) in [5, 5.41) is 2.85. The number of nitrogens with zero attached hydrogens (tertiary/aromatic N) is 1. The highest BCUT2D eigenvalue weighted by Gasteiger charge is 2.23. The number of carbonyl (C=O) groups is 1. The van der Waals surface area contributed by atoms with Gasteiger partial charge in [0.1, 0.15) is 11.9 Å². The minimum Gasteiger partial charge on any atom is -0.490 e. The summed E-state index contributed by atoms with van der Waals surface area (Å²) >= 11 is 0. The van der Waals surface area contributed by atoms with Crippen LogP contribution in [-0.4, -0.2) is 50.4 Å². The van der Waals surface area contributed by atoms with Gasteiger partial charge in [-0.1, -0.05) is 19.1 Å². The fourth-order valence-electron chi connectivity index (χ4n) is 2.58. The Morgan fingerprint density at radius 2 is 2.14 bits per heavy atom. The number of amides is 2. The minimum atomic E-state index is -0.0107. The van der Waals surface area contributed by atoms with Crippen LogP contribution in [0, 0.1) is 0 Å². The lowest BCUT2D eigenvalue weighted by atomic mass is 10.1. The maximum atomic E-state index is 11.9. The third-order valence-corrected chi connectivity index (χ3v) is 3.92. The SMILES string of the molecule is CCc1cccc(OC2CCN(C(=O)NCCOC)CC2)c1. The van der Waals surface area contributed by atoms with Crippen LogP contribution in [0.3, 0.4) is 0 Å². The Hall–Kier alpha value is -1.75. The highest BCUT2D eigenvalue weighted by atomic mass is 16.5. The van der Waals surface area contributed by atoms with Gasteiger partial charge in [-0.05, 0) is 24.1 Å². The molecule has 0 atom stereocenters. The molecule has 0 spiro atoms. The third-order valence-electron chi connectivity index (χ3n) is 3.92. The fourth-order valence-corrected chi connectivity index (χ4v) is 2.58. The molecular weight excluding hydrogens is 280 g/mol. The molecule has 1 fully saturated rings. The van der Waals surface area contributed by atoms with Crippen molar-refractivity contribution in [1.29, 1.82) is 0 Å². The Kier molecular flexibility index (Phi) is 6.52. The van der Waals surface area contributed by atoms with Gasteiger partial charge in [-0.25, -0.2) is 4.79 Å². The highest BCUT2D eigenvalue weighted by molar-refractivity contribution is 5.74. The number of benzene rings is 1. The van der Waals surface area contributed by atoms with Crippen molar-refractivity contribution in [2.75, 3.05) is 33.4 Å². The number of urea groups is 1. The lowest BCUT2D eigenvalue weighted by Crippen LogP contribution is -2.47. The zero-order valence-corrected chi connectivity index (χ0v) is 13.5. The Bertz CT molecular complexity index is 471. The fraction of sp³-hybridized carbons (Fsp3) is 0.588. The molecule has 1 aromatic rings. The lowest BCUT2D eigenvalue weighted by molar-refractivity contribution is 0.109. The third kappa shape index (κ3) is 4.91. The number of carbonyl (C=O) groups excluding carboxylic acids is 1. The highest BCUT2D eigenvalue weighted by Crippen LogP contribution is 2.20. The van der Waals surface area contributed by atoms with Crippen molar-refractivity contribution in [2.24, 2.45) is 0 Å². The number of aryl methyl sites for hydroxylation is 1. The molecular formula is C17H26N2O3. The molecule has 2 amide bonds. The van der Waals surface area contributed by atoms with Crippen LogP contribution in [0.4, 0.5) is 4.79 Å². The van der Waals surface area contributed by atoms with Gasteiger partial charge in [0, 0.05) is 39.6 Å². The van der Waals surface area contributed by atoms with Gasteiger partial charge in [0.25, 0.3) is 0 Å². The van der Waals surface area contributed by atoms with Crippen molar-refractivity contribution < 1.29 is 14.3 Å². The summed E-state index contributed by atoms with van der Waals surface area (Å²) in [4.78, 5) is 13.8. The summed E-state index contributed by atoms with van der Waals surface area (Å²) in [5.41, 5.74) is 1.28. The molecule has 0 aromatic heterocycles. The van der Waals surface area contributed by atoms with Gasteiger partial charge in [0.2, 0.25) is 0 Å². The molecule has 0 radical (unpaired) electrons. The predicted octanol–water partition coefficient (Wildman–Crippen LogP) is 2.45. The molecule has 0 saturated carbocycles. The quantitative estimate of drug-likeness (QED) is 0.821. The molecule has 2 rings (SSSR count). The first-order valence-electron chi connectivity index (χ1n) is 8.00. The van der Waals surface area contributed by atoms with Gasteiger partial charge < -0.3 is 19.7 Å². The summed E-state index contributed by atoms with van der Waals surface area (Å²) in [5.74, 6) is 0.933. The molecule has 0 aliphatic carbocycles. The Balaban J connectivity index is 1.75. The first-order chi connectivity index (χ1) is 10.7. The van der Waals surface area contributed by atoms with Crippen molar-refractivity contribution in [3.8, 4) is 5.75 Å². The minimum absolute atomic E-state index is 0.0107. The monoisotopic (exact) mass is 306 g/mol. The molecule has 122 valence electrons. The zero-order valence-electron chi connectivity index (χ0n) is 13.5. The largest absolute Gasteiger partial charge is 0.490 e. The lowest BCUT2D eigenvalue weighted by Gasteiger charge is -2.32. The Morgan fingerprint density at radius 3 is 2.82 bits per heavy atom. The van der Waals surface area contributed by atoms with E-state index in [2.05, 4.69) is 24.4 Å². The van der Waals surface area contributed by atoms with Crippen molar-refractivity contribution in [2.45, 2.75) is 32.3 Å². The molecule has 1 aromatic carbocycles. The van der Waals surface area contributed by atoms with Gasteiger partial charge in [0.05, 0.1) is 6.61 Å². The van der Waals surface area contributed by atoms with Crippen LogP contribution in [0.15, 0.2) is 24.3 Å². The number of nitrogens with one attached hydrogen (secondary N) is 1. The summed E-state index contributed by atoms with van der Waals surface area (Å²) in [7, 11) is 1.63. The van der Waals surface area contributed by atoms with E-state index in [1.54, 1.807) is 7.11 Å². The van der Waals surface area contributed by atoms with E-state index in [-0.39, 0.29) is 12.1 Å². The molecule has 5 heteroatoms. The normalized spacial score (nSPS) is 15.6. The number of methoxy groups -OCH3 is 1. The number of hydrogen-bond acceptors (Lipinski definition) is 3. The van der Waals surface area contributed by atoms with E-state index >= 15 is 0 Å². The second-order valence-electron chi connectivity index (χ2n) is 5.53. The van der Waals surface area contributed by atoms with Gasteiger partial charge in [-0.3, -0.25) is 0 Å². The smallest absolute Gasteiger partial charge is 0.317 e. The van der Waals surface area contributed by atoms with E-state index in [1.807, 2.05) is 17.0 Å². The first-order valence-corrected chi connectivity index (χ1v) is 8.00. The summed E-state index contributed by atoms with van der Waals surface area (Å²) in [6, 6.07) is 8.24. The molecule has 1 saturated heterocycles. The van der Waals surface area contributed by atoms with Gasteiger partial charge >= 0.3 is 6.03 Å². The van der Waals surface area contributed by atoms with Gasteiger partial charge in [-0.15, -0.1) is 0 Å². The van der Waals surface area contributed by atoms with Gasteiger partial charge in [0.15, 0.2) is 0 Å². The number of rotatable bonds is 6. The molecule has 22 heavy (non-hydrogen) atoms. The summed E-state index contributed by atoms with van der Waals surface area (Å²) in [6.45, 7) is 4.70. The molecule has 0 bridgehead atoms. The van der Waals surface area contributed by atoms with E-state index in [4.69, 9.17) is 9.47 Å². The van der Waals surface area contributed by atoms with Crippen molar-refractivity contribution in [3.63, 3.8) is 0 Å². The van der Waals surface area contributed by atoms with Gasteiger partial charge in [-0.2, -0.15) is 0 Å². The van der Waals surface area contributed by atoms with E-state index < -0.39 is 0 Å². The maximum Gasteiger partial charge on any atom is 0.317 e. The van der Waals surface area contributed by atoms with E-state index in [9.17, 15) is 4.79 Å². The molecule has 0 unspecified atom stereocenters. The molecule has 1 aliphatic rings. The van der Waals surface area contributed by atoms with Crippen LogP contribution in [0.25, 0.3) is 0 Å². The second kappa shape index (κ2) is 8.63. The summed E-state index contributed by atoms with van der Waals surface area (Å²) in [6.07, 6.45) is 2.94. The average Bonchev–Trinajstić information content (AvgIpc) is 2.56. The number of hydrogen-bond donors (Lipinski definition) is 1. The zero-order chi connectivity index (χ0) is 15.8. The van der Waals surface area contributed by atoms with E-state index in [0.717, 1.165) is 38.1 Å². The topological polar surface area (TPSA) is 50.8 Å². The van der Waals surface area contributed by atoms with Crippen LogP contribution >= 0.6 is 0 Å². The average molecular weight is 306 g/mol. The number of ether oxygens (including phenoxy) is 2. The standard InChI is InChI=1S/C17H26N2O3/c1-3-14-5-4-6-16(13-14)22-15-7-10-19(11-8-15)17(20)18-9-12-21-2/h4-6,13,15H,3,7-12H2,1-2H3,(H,18,20). The van der Waals surface area contributed by atoms with Crippen LogP contribution in [0.5, 0.6) is 5.75 Å². The van der Waals surface area contributed by atoms with Crippen molar-refractivity contribution in [3.05, 3.63) is 29.8 Å². The van der Waals surface area contributed by atoms with Crippen LogP contribution in [-0.2, 0) is 11.2 Å². The van der Waals surface area contributed by atoms with Crippen LogP contribution in [0.2, 0.25) is 0 Å². The Labute approximate surface area is 132 Å². The first kappa shape index (κ1) is 16.6. The van der Waals surface area contributed by atoms with Crippen LogP contribution < -0.4 is 10.1 Å². The predicted molar refractivity (Wildman–Crippen MR) is 86.3 cm³/mol. The summed E-state index contributed by atoms with van der Waals surface area (Å²) < 4.78 is 11.0. The number of likely N-dealkylation sites (tertiary alicyclic amines) is 1. The molecule has 1 N–H and O–H groups in total. The van der Waals surface area contributed by atoms with Crippen molar-refractivity contribution >= 4 is 6.03 Å². The van der Waals surface area contributed by atoms with Crippen LogP contribution in [0.1, 0.15) is 25.3 Å². The van der Waals surface area contributed by atoms with Crippen molar-refractivity contribution in [1.82, 2.24) is 10.2 Å². The number of piperidine rings is 1. The van der Waals surface area contributed by atoms with E-state index in [1.165, 1.54) is 5.56 Å². The molecule has 1 aliphatic heterocycles. The second-order valence-corrected chi connectivity index (χ2v) is 5.53. The molecule has 5 nitrogen and oxygen atoms in total. The molecule has 1 heterocycles. The maximum absolute atomic E-state index is 11.9. The van der Waals surface area contributed by atoms with E-state index in [0.29, 0.717) is 13.2 Å².